The number of aromatic amines is 1. The number of hydrogen-bond acceptors (Lipinski definition) is 12. The normalized spacial score (nSPS) is 26.2. The van der Waals surface area contributed by atoms with Gasteiger partial charge in [0, 0.05) is 66.6 Å². The lowest BCUT2D eigenvalue weighted by Crippen LogP contribution is -2.62. The van der Waals surface area contributed by atoms with Crippen molar-refractivity contribution in [3.63, 3.8) is 0 Å². The van der Waals surface area contributed by atoms with Gasteiger partial charge in [-0.15, -0.1) is 0 Å². The number of nitrogens with zero attached hydrogens (tertiary/aromatic N) is 7. The molecule has 60 heavy (non-hydrogen) atoms. The number of anilines is 2. The molecule has 4 saturated heterocycles. The maximum atomic E-state index is 13.4. The van der Waals surface area contributed by atoms with E-state index in [4.69, 9.17) is 14.2 Å². The summed E-state index contributed by atoms with van der Waals surface area (Å²) < 4.78 is 18.8. The van der Waals surface area contributed by atoms with Gasteiger partial charge in [0.15, 0.2) is 0 Å². The van der Waals surface area contributed by atoms with Crippen LogP contribution in [0.3, 0.4) is 0 Å². The fourth-order valence-corrected chi connectivity index (χ4v) is 10.6. The zero-order valence-electron chi connectivity index (χ0n) is 34.5. The highest BCUT2D eigenvalue weighted by Gasteiger charge is 2.48. The second kappa shape index (κ2) is 14.4. The van der Waals surface area contributed by atoms with E-state index in [0.29, 0.717) is 41.8 Å². The van der Waals surface area contributed by atoms with Crippen molar-refractivity contribution in [2.24, 2.45) is 5.41 Å². The third kappa shape index (κ3) is 6.73. The summed E-state index contributed by atoms with van der Waals surface area (Å²) in [4.78, 5) is 55.9. The molecule has 3 amide bonds. The van der Waals surface area contributed by atoms with E-state index in [0.717, 1.165) is 123 Å². The number of aromatic nitrogens is 4. The fraction of sp³-hybridized carbons (Fsp3) is 0.556. The van der Waals surface area contributed by atoms with Crippen LogP contribution in [0.4, 0.5) is 11.5 Å². The first-order valence-corrected chi connectivity index (χ1v) is 21.9. The van der Waals surface area contributed by atoms with E-state index in [1.165, 1.54) is 12.8 Å². The van der Waals surface area contributed by atoms with Crippen molar-refractivity contribution in [3.05, 3.63) is 53.9 Å². The number of carbonyl (C=O) groups is 3. The van der Waals surface area contributed by atoms with Crippen LogP contribution in [-0.2, 0) is 20.9 Å². The van der Waals surface area contributed by atoms with Gasteiger partial charge < -0.3 is 33.8 Å². The number of amides is 3. The summed E-state index contributed by atoms with van der Waals surface area (Å²) in [5.74, 6) is 1.65. The van der Waals surface area contributed by atoms with E-state index in [1.54, 1.807) is 18.3 Å². The zero-order chi connectivity index (χ0) is 40.8. The van der Waals surface area contributed by atoms with Crippen molar-refractivity contribution >= 4 is 40.1 Å². The first kappa shape index (κ1) is 37.7. The molecule has 314 valence electrons. The summed E-state index contributed by atoms with van der Waals surface area (Å²) in [7, 11) is 1.64. The molecule has 15 nitrogen and oxygen atoms in total. The Hall–Kier alpha value is -5.28. The Morgan fingerprint density at radius 3 is 2.42 bits per heavy atom. The van der Waals surface area contributed by atoms with E-state index in [-0.39, 0.29) is 29.9 Å². The number of piperidine rings is 3. The number of H-pyrrole nitrogens is 1. The summed E-state index contributed by atoms with van der Waals surface area (Å²) in [6, 6.07) is 12.0. The van der Waals surface area contributed by atoms with E-state index in [9.17, 15) is 14.4 Å². The van der Waals surface area contributed by atoms with Crippen LogP contribution in [0.5, 0.6) is 11.5 Å². The predicted molar refractivity (Wildman–Crippen MR) is 223 cm³/mol. The smallest absolute Gasteiger partial charge is 0.255 e. The number of fused-ring (bicyclic) bond motifs is 2. The van der Waals surface area contributed by atoms with E-state index in [2.05, 4.69) is 59.2 Å². The van der Waals surface area contributed by atoms with Gasteiger partial charge in [-0.2, -0.15) is 5.10 Å². The minimum atomic E-state index is -0.650. The van der Waals surface area contributed by atoms with Gasteiger partial charge in [-0.3, -0.25) is 24.8 Å². The lowest BCUT2D eigenvalue weighted by molar-refractivity contribution is -0.136. The third-order valence-electron chi connectivity index (χ3n) is 14.6. The zero-order valence-corrected chi connectivity index (χ0v) is 34.5. The Kier molecular flexibility index (Phi) is 9.07. The highest BCUT2D eigenvalue weighted by Crippen LogP contribution is 2.46. The second-order valence-corrected chi connectivity index (χ2v) is 18.6. The van der Waals surface area contributed by atoms with Gasteiger partial charge in [-0.25, -0.2) is 9.97 Å². The van der Waals surface area contributed by atoms with Gasteiger partial charge in [0.05, 0.1) is 42.8 Å². The molecule has 2 N–H and O–H groups in total. The van der Waals surface area contributed by atoms with Crippen molar-refractivity contribution in [1.29, 1.82) is 0 Å². The molecule has 7 aliphatic rings. The molecule has 2 aromatic heterocycles. The minimum Gasteiger partial charge on any atom is -0.494 e. The molecular weight excluding hydrogens is 763 g/mol. The molecule has 6 fully saturated rings. The van der Waals surface area contributed by atoms with Gasteiger partial charge >= 0.3 is 0 Å². The summed E-state index contributed by atoms with van der Waals surface area (Å²) in [6.07, 6.45) is 11.5. The van der Waals surface area contributed by atoms with Gasteiger partial charge in [-0.1, -0.05) is 0 Å². The van der Waals surface area contributed by atoms with Crippen LogP contribution in [0.2, 0.25) is 0 Å². The Morgan fingerprint density at radius 2 is 1.67 bits per heavy atom. The molecule has 1 atom stereocenters. The summed E-state index contributed by atoms with van der Waals surface area (Å²) >= 11 is 0. The number of imide groups is 1. The van der Waals surface area contributed by atoms with E-state index >= 15 is 0 Å². The maximum absolute atomic E-state index is 13.4. The molecule has 15 heteroatoms. The van der Waals surface area contributed by atoms with Gasteiger partial charge in [0.2, 0.25) is 11.8 Å². The predicted octanol–water partition coefficient (Wildman–Crippen LogP) is 4.84. The number of ether oxygens (including phenoxy) is 3. The average Bonchev–Trinajstić information content (AvgIpc) is 3.65. The molecule has 2 aliphatic carbocycles. The molecule has 2 aromatic carbocycles. The van der Waals surface area contributed by atoms with E-state index < -0.39 is 11.9 Å². The van der Waals surface area contributed by atoms with Gasteiger partial charge in [0.25, 0.3) is 5.91 Å². The lowest BCUT2D eigenvalue weighted by atomic mass is 9.71. The van der Waals surface area contributed by atoms with E-state index in [1.807, 2.05) is 24.3 Å². The molecule has 7 heterocycles. The number of rotatable bonds is 10. The van der Waals surface area contributed by atoms with Crippen LogP contribution in [0.15, 0.2) is 42.7 Å². The molecule has 2 saturated carbocycles. The van der Waals surface area contributed by atoms with Gasteiger partial charge in [-0.05, 0) is 108 Å². The van der Waals surface area contributed by atoms with Crippen LogP contribution in [-0.4, -0.2) is 124 Å². The number of nitrogens with one attached hydrogen (secondary N) is 2. The molecule has 11 rings (SSSR count). The molecule has 1 spiro atoms. The molecule has 0 radical (unpaired) electrons. The highest BCUT2D eigenvalue weighted by atomic mass is 16.5. The molecule has 1 unspecified atom stereocenters. The minimum absolute atomic E-state index is 0.0404. The summed E-state index contributed by atoms with van der Waals surface area (Å²) in [5.41, 5.74) is 5.28. The van der Waals surface area contributed by atoms with Crippen molar-refractivity contribution < 1.29 is 28.6 Å². The summed E-state index contributed by atoms with van der Waals surface area (Å²) in [5, 5.41) is 11.2. The first-order chi connectivity index (χ1) is 29.1. The number of likely N-dealkylation sites (tertiary alicyclic amines) is 1. The number of benzene rings is 2. The Balaban J connectivity index is 0.637. The lowest BCUT2D eigenvalue weighted by Gasteiger charge is -2.56. The summed E-state index contributed by atoms with van der Waals surface area (Å²) in [6.45, 7) is 8.48. The Labute approximate surface area is 349 Å². The van der Waals surface area contributed by atoms with Crippen molar-refractivity contribution in [1.82, 2.24) is 35.3 Å². The standard InChI is InChI=1S/C45H53N9O6/c1-44(11-12-44)60-29-3-5-34-32(21-29)40(50-49-34)35-22-38(47-26-46-35)53-24-45(25-53)13-17-51(18-14-45)27-19-30(20-27)59-28-9-15-52(16-10-28)36-6-4-31-33(41(36)58-2)23-54(43(31)57)37-7-8-39(55)48-42(37)56/h3-6,21-22,26-28,30,37H,7-20,23-25H2,1-2H3,(H,49,50)(H,48,55,56). The first-order valence-electron chi connectivity index (χ1n) is 21.9. The number of methoxy groups -OCH3 is 1. The molecule has 5 aliphatic heterocycles. The second-order valence-electron chi connectivity index (χ2n) is 18.6. The monoisotopic (exact) mass is 815 g/mol. The van der Waals surface area contributed by atoms with Crippen LogP contribution in [0.1, 0.15) is 87.1 Å². The maximum Gasteiger partial charge on any atom is 0.255 e. The third-order valence-corrected chi connectivity index (χ3v) is 14.6. The van der Waals surface area contributed by atoms with Crippen LogP contribution in [0, 0.1) is 5.41 Å². The SMILES string of the molecule is COc1c(N2CCC(OC3CC(N4CCC5(CC4)CN(c4cc(-c6n[nH]c7ccc(OC8(C)CC8)cc67)ncn4)C5)C3)CC2)ccc2c1CN(C1CCC(=O)NC1=O)C2=O. The highest BCUT2D eigenvalue weighted by molar-refractivity contribution is 6.06. The van der Waals surface area contributed by atoms with Crippen LogP contribution in [0.25, 0.3) is 22.3 Å². The fourth-order valence-electron chi connectivity index (χ4n) is 10.6. The van der Waals surface area contributed by atoms with Crippen molar-refractivity contribution in [2.45, 2.75) is 108 Å². The number of carbonyl (C=O) groups excluding carboxylic acids is 3. The van der Waals surface area contributed by atoms with Crippen LogP contribution < -0.4 is 24.6 Å². The largest absolute Gasteiger partial charge is 0.494 e. The van der Waals surface area contributed by atoms with Crippen LogP contribution >= 0.6 is 0 Å². The topological polar surface area (TPSA) is 158 Å². The quantitative estimate of drug-likeness (QED) is 0.210. The number of hydrogen-bond donors (Lipinski definition) is 2. The molecular formula is C45H53N9O6. The van der Waals surface area contributed by atoms with Crippen molar-refractivity contribution in [3.8, 4) is 22.9 Å². The molecule has 0 bridgehead atoms. The average molecular weight is 816 g/mol. The van der Waals surface area contributed by atoms with Gasteiger partial charge in [0.1, 0.15) is 41.0 Å². The Morgan fingerprint density at radius 1 is 0.867 bits per heavy atom. The molecule has 4 aromatic rings. The van der Waals surface area contributed by atoms with Crippen molar-refractivity contribution in [2.75, 3.05) is 56.2 Å². The Bertz CT molecular complexity index is 2350.